The van der Waals surface area contributed by atoms with E-state index in [0.717, 1.165) is 35.3 Å². The lowest BCUT2D eigenvalue weighted by Crippen LogP contribution is -2.45. The fraction of sp³-hybridized carbons (Fsp3) is 0.529. The summed E-state index contributed by atoms with van der Waals surface area (Å²) in [7, 11) is 0. The number of carbonyl (C=O) groups excluding carboxylic acids is 1. The van der Waals surface area contributed by atoms with E-state index in [1.54, 1.807) is 12.1 Å². The first-order valence-electron chi connectivity index (χ1n) is 14.9. The summed E-state index contributed by atoms with van der Waals surface area (Å²) in [5.74, 6) is -0.415. The lowest BCUT2D eigenvalue weighted by atomic mass is 9.48. The standard InChI is InChI=1S/C34H40O6/c35-28(7-4-12-34-18-21-13-22(19-34)15-23(14-21)20-34)32-27(16-31(37)38)29(36)17-30(32)40-33(39)26-10-8-25(9-11-26)24-5-2-1-3-6-24/h1-3,5-11,21-23,27,29-30,32,35-36H,4,12-20H2,(H,37,38)/t21?,22?,23?,27-,29-,30+,32-,34?/m0/s1. The van der Waals surface area contributed by atoms with Crippen molar-refractivity contribution in [1.82, 2.24) is 0 Å². The maximum atomic E-state index is 13.1. The summed E-state index contributed by atoms with van der Waals surface area (Å²) in [5, 5.41) is 31.5. The van der Waals surface area contributed by atoms with Crippen molar-refractivity contribution in [3.05, 3.63) is 72.0 Å². The Hall–Kier alpha value is -3.12. The van der Waals surface area contributed by atoms with Gasteiger partial charge in [-0.15, -0.1) is 0 Å². The van der Waals surface area contributed by atoms with Gasteiger partial charge in [-0.05, 0) is 104 Å². The van der Waals surface area contributed by atoms with Crippen molar-refractivity contribution in [2.75, 3.05) is 0 Å². The van der Waals surface area contributed by atoms with E-state index in [2.05, 4.69) is 0 Å². The molecule has 0 saturated heterocycles. The number of aliphatic hydroxyl groups excluding tert-OH is 2. The molecule has 3 N–H and O–H groups in total. The van der Waals surface area contributed by atoms with E-state index in [9.17, 15) is 24.9 Å². The largest absolute Gasteiger partial charge is 0.512 e. The molecule has 212 valence electrons. The number of benzene rings is 2. The van der Waals surface area contributed by atoms with Gasteiger partial charge in [-0.25, -0.2) is 4.79 Å². The van der Waals surface area contributed by atoms with E-state index in [0.29, 0.717) is 17.4 Å². The Morgan fingerprint density at radius 3 is 2.05 bits per heavy atom. The molecule has 0 unspecified atom stereocenters. The van der Waals surface area contributed by atoms with Crippen LogP contribution >= 0.6 is 0 Å². The molecule has 6 heteroatoms. The van der Waals surface area contributed by atoms with Crippen LogP contribution in [-0.4, -0.2) is 39.5 Å². The Morgan fingerprint density at radius 2 is 1.45 bits per heavy atom. The number of carboxylic acid groups (broad SMARTS) is 1. The number of carbonyl (C=O) groups is 2. The van der Waals surface area contributed by atoms with Crippen molar-refractivity contribution < 1.29 is 29.6 Å². The molecule has 2 aromatic rings. The van der Waals surface area contributed by atoms with Gasteiger partial charge < -0.3 is 20.1 Å². The molecule has 4 bridgehead atoms. The van der Waals surface area contributed by atoms with Crippen LogP contribution in [0, 0.1) is 35.0 Å². The summed E-state index contributed by atoms with van der Waals surface area (Å²) in [5.41, 5.74) is 2.77. The van der Waals surface area contributed by atoms with Gasteiger partial charge in [-0.2, -0.15) is 0 Å². The molecular formula is C34H40O6. The fourth-order valence-corrected chi connectivity index (χ4v) is 8.96. The van der Waals surface area contributed by atoms with E-state index < -0.39 is 36.0 Å². The number of aliphatic carboxylic acids is 1. The van der Waals surface area contributed by atoms with Crippen LogP contribution in [-0.2, 0) is 9.53 Å². The molecule has 0 radical (unpaired) electrons. The number of hydrogen-bond acceptors (Lipinski definition) is 5. The summed E-state index contributed by atoms with van der Waals surface area (Å²) in [6.07, 6.45) is 9.63. The normalized spacial score (nSPS) is 34.6. The Kier molecular flexibility index (Phi) is 7.47. The third-order valence-corrected chi connectivity index (χ3v) is 10.3. The van der Waals surface area contributed by atoms with E-state index in [4.69, 9.17) is 4.74 Å². The zero-order valence-electron chi connectivity index (χ0n) is 23.0. The molecule has 2 aromatic carbocycles. The topological polar surface area (TPSA) is 104 Å². The van der Waals surface area contributed by atoms with Crippen LogP contribution in [0.3, 0.4) is 0 Å². The van der Waals surface area contributed by atoms with Crippen LogP contribution in [0.2, 0.25) is 0 Å². The first kappa shape index (κ1) is 27.1. The van der Waals surface area contributed by atoms with Crippen LogP contribution in [0.1, 0.15) is 74.6 Å². The number of carboxylic acids is 1. The van der Waals surface area contributed by atoms with Crippen molar-refractivity contribution in [3.63, 3.8) is 0 Å². The lowest BCUT2D eigenvalue weighted by Gasteiger charge is -2.57. The molecule has 0 aromatic heterocycles. The smallest absolute Gasteiger partial charge is 0.338 e. The van der Waals surface area contributed by atoms with Crippen molar-refractivity contribution in [2.45, 2.75) is 76.4 Å². The zero-order valence-corrected chi connectivity index (χ0v) is 23.0. The third-order valence-electron chi connectivity index (χ3n) is 10.3. The molecule has 5 fully saturated rings. The quantitative estimate of drug-likeness (QED) is 0.237. The second-order valence-corrected chi connectivity index (χ2v) is 13.1. The van der Waals surface area contributed by atoms with Gasteiger partial charge in [0, 0.05) is 12.3 Å². The minimum Gasteiger partial charge on any atom is -0.512 e. The minimum atomic E-state index is -1.04. The lowest BCUT2D eigenvalue weighted by molar-refractivity contribution is -0.139. The van der Waals surface area contributed by atoms with Gasteiger partial charge in [-0.3, -0.25) is 4.79 Å². The summed E-state index contributed by atoms with van der Waals surface area (Å²) in [6.45, 7) is 0. The number of allylic oxidation sites excluding steroid dienone is 1. The monoisotopic (exact) mass is 544 g/mol. The number of hydrogen-bond donors (Lipinski definition) is 3. The molecule has 0 heterocycles. The van der Waals surface area contributed by atoms with Crippen molar-refractivity contribution in [2.24, 2.45) is 35.0 Å². The average molecular weight is 545 g/mol. The second kappa shape index (κ2) is 11.0. The van der Waals surface area contributed by atoms with Crippen LogP contribution < -0.4 is 0 Å². The van der Waals surface area contributed by atoms with Gasteiger partial charge in [0.25, 0.3) is 0 Å². The molecule has 7 rings (SSSR count). The van der Waals surface area contributed by atoms with Crippen LogP contribution in [0.4, 0.5) is 0 Å². The number of aliphatic hydroxyl groups is 2. The second-order valence-electron chi connectivity index (χ2n) is 13.1. The molecule has 0 amide bonds. The molecular weight excluding hydrogens is 504 g/mol. The van der Waals surface area contributed by atoms with Gasteiger partial charge in [0.1, 0.15) is 6.10 Å². The predicted molar refractivity (Wildman–Crippen MR) is 151 cm³/mol. The van der Waals surface area contributed by atoms with Crippen molar-refractivity contribution in [1.29, 1.82) is 0 Å². The summed E-state index contributed by atoms with van der Waals surface area (Å²) in [4.78, 5) is 24.7. The van der Waals surface area contributed by atoms with Gasteiger partial charge in [0.05, 0.1) is 29.8 Å². The van der Waals surface area contributed by atoms with Crippen LogP contribution in [0.25, 0.3) is 11.1 Å². The Balaban J connectivity index is 1.15. The predicted octanol–water partition coefficient (Wildman–Crippen LogP) is 6.79. The van der Waals surface area contributed by atoms with Crippen LogP contribution in [0.15, 0.2) is 66.4 Å². The molecule has 0 aliphatic heterocycles. The van der Waals surface area contributed by atoms with Gasteiger partial charge >= 0.3 is 11.9 Å². The maximum Gasteiger partial charge on any atom is 0.338 e. The maximum absolute atomic E-state index is 13.1. The highest BCUT2D eigenvalue weighted by Gasteiger charge is 2.51. The number of rotatable bonds is 9. The Labute approximate surface area is 236 Å². The third kappa shape index (κ3) is 5.56. The van der Waals surface area contributed by atoms with E-state index in [1.165, 1.54) is 38.5 Å². The highest BCUT2D eigenvalue weighted by Crippen LogP contribution is 2.61. The first-order valence-corrected chi connectivity index (χ1v) is 14.9. The summed E-state index contributed by atoms with van der Waals surface area (Å²) < 4.78 is 5.85. The molecule has 0 spiro atoms. The van der Waals surface area contributed by atoms with Crippen molar-refractivity contribution in [3.8, 4) is 11.1 Å². The first-order chi connectivity index (χ1) is 19.3. The van der Waals surface area contributed by atoms with Gasteiger partial charge in [0.2, 0.25) is 0 Å². The molecule has 5 saturated carbocycles. The van der Waals surface area contributed by atoms with Crippen molar-refractivity contribution >= 4 is 11.9 Å². The number of ether oxygens (including phenoxy) is 1. The fourth-order valence-electron chi connectivity index (χ4n) is 8.96. The van der Waals surface area contributed by atoms with Crippen LogP contribution in [0.5, 0.6) is 0 Å². The SMILES string of the molecule is O=C(O)C[C@@H]1[C@@H](C(O)=CCCC23CC4CC(CC(C4)C2)C3)[C@H](OC(=O)c2ccc(-c3ccccc3)cc2)C[C@@H]1O. The zero-order chi connectivity index (χ0) is 27.9. The molecule has 6 nitrogen and oxygen atoms in total. The Bertz CT molecular complexity index is 1210. The molecule has 40 heavy (non-hydrogen) atoms. The van der Waals surface area contributed by atoms with E-state index >= 15 is 0 Å². The highest BCUT2D eigenvalue weighted by molar-refractivity contribution is 5.90. The van der Waals surface area contributed by atoms with E-state index in [1.807, 2.05) is 48.5 Å². The highest BCUT2D eigenvalue weighted by atomic mass is 16.5. The van der Waals surface area contributed by atoms with Gasteiger partial charge in [-0.1, -0.05) is 42.5 Å². The molecule has 4 atom stereocenters. The number of esters is 1. The molecule has 5 aliphatic carbocycles. The molecule has 5 aliphatic rings. The summed E-state index contributed by atoms with van der Waals surface area (Å²) >= 11 is 0. The summed E-state index contributed by atoms with van der Waals surface area (Å²) in [6, 6.07) is 17.0. The Morgan fingerprint density at radius 1 is 0.850 bits per heavy atom. The van der Waals surface area contributed by atoms with Gasteiger partial charge in [0.15, 0.2) is 0 Å². The minimum absolute atomic E-state index is 0.0461. The van der Waals surface area contributed by atoms with E-state index in [-0.39, 0.29) is 18.6 Å². The average Bonchev–Trinajstić information content (AvgIpc) is 3.21.